The lowest BCUT2D eigenvalue weighted by molar-refractivity contribution is -0.120. The summed E-state index contributed by atoms with van der Waals surface area (Å²) < 4.78 is 0. The maximum atomic E-state index is 11.7. The Morgan fingerprint density at radius 1 is 1.41 bits per heavy atom. The van der Waals surface area contributed by atoms with Gasteiger partial charge in [-0.3, -0.25) is 4.79 Å². The van der Waals surface area contributed by atoms with Gasteiger partial charge in [-0.15, -0.1) is 11.6 Å². The fraction of sp³-hybridized carbons (Fsp3) is 0.500. The Balaban J connectivity index is 2.28. The van der Waals surface area contributed by atoms with Crippen LogP contribution >= 0.6 is 11.6 Å². The highest BCUT2D eigenvalue weighted by Crippen LogP contribution is 2.07. The lowest BCUT2D eigenvalue weighted by Crippen LogP contribution is -2.26. The van der Waals surface area contributed by atoms with Crippen LogP contribution in [-0.2, 0) is 11.2 Å². The average molecular weight is 254 g/mol. The van der Waals surface area contributed by atoms with Crippen molar-refractivity contribution >= 4 is 17.5 Å². The molecule has 1 atom stereocenters. The molecule has 0 radical (unpaired) electrons. The molecule has 1 rings (SSSR count). The van der Waals surface area contributed by atoms with Crippen molar-refractivity contribution in [3.8, 4) is 0 Å². The molecule has 0 heterocycles. The van der Waals surface area contributed by atoms with Crippen LogP contribution in [-0.4, -0.2) is 17.8 Å². The Hall–Kier alpha value is -1.02. The monoisotopic (exact) mass is 253 g/mol. The molecule has 17 heavy (non-hydrogen) atoms. The molecule has 2 nitrogen and oxygen atoms in total. The normalized spacial score (nSPS) is 12.2. The standard InChI is InChI=1S/C14H20ClNO/c1-11-6-3-4-8-13(11)10-14(17)16-9-5-7-12(2)15/h3-4,6,8,12H,5,7,9-10H2,1-2H3,(H,16,17). The zero-order valence-electron chi connectivity index (χ0n) is 10.5. The van der Waals surface area contributed by atoms with E-state index in [1.807, 2.05) is 38.1 Å². The third-order valence-corrected chi connectivity index (χ3v) is 2.93. The zero-order chi connectivity index (χ0) is 12.7. The van der Waals surface area contributed by atoms with E-state index < -0.39 is 0 Å². The molecule has 1 N–H and O–H groups in total. The van der Waals surface area contributed by atoms with Crippen molar-refractivity contribution in [1.29, 1.82) is 0 Å². The summed E-state index contributed by atoms with van der Waals surface area (Å²) in [5.41, 5.74) is 2.26. The van der Waals surface area contributed by atoms with Crippen LogP contribution in [0.25, 0.3) is 0 Å². The number of rotatable bonds is 6. The molecule has 0 spiro atoms. The summed E-state index contributed by atoms with van der Waals surface area (Å²) in [4.78, 5) is 11.7. The molecule has 1 aromatic carbocycles. The Labute approximate surface area is 108 Å². The molecule has 0 aliphatic rings. The van der Waals surface area contributed by atoms with Crippen molar-refractivity contribution in [2.24, 2.45) is 0 Å². The van der Waals surface area contributed by atoms with Gasteiger partial charge in [0, 0.05) is 11.9 Å². The number of carbonyl (C=O) groups excluding carboxylic acids is 1. The number of amides is 1. The number of carbonyl (C=O) groups is 1. The van der Waals surface area contributed by atoms with Crippen LogP contribution in [0.1, 0.15) is 30.9 Å². The lowest BCUT2D eigenvalue weighted by Gasteiger charge is -2.07. The molecule has 0 aliphatic heterocycles. The van der Waals surface area contributed by atoms with Gasteiger partial charge in [-0.2, -0.15) is 0 Å². The minimum Gasteiger partial charge on any atom is -0.356 e. The van der Waals surface area contributed by atoms with Gasteiger partial charge in [0.2, 0.25) is 5.91 Å². The summed E-state index contributed by atoms with van der Waals surface area (Å²) in [6.07, 6.45) is 2.33. The molecule has 1 amide bonds. The van der Waals surface area contributed by atoms with Crippen LogP contribution in [0.15, 0.2) is 24.3 Å². The lowest BCUT2D eigenvalue weighted by atomic mass is 10.1. The van der Waals surface area contributed by atoms with Gasteiger partial charge < -0.3 is 5.32 Å². The minimum absolute atomic E-state index is 0.0847. The second kappa shape index (κ2) is 7.33. The first kappa shape index (κ1) is 14.0. The van der Waals surface area contributed by atoms with E-state index in [-0.39, 0.29) is 11.3 Å². The van der Waals surface area contributed by atoms with Gasteiger partial charge >= 0.3 is 0 Å². The molecule has 1 unspecified atom stereocenters. The summed E-state index contributed by atoms with van der Waals surface area (Å²) in [7, 11) is 0. The number of hydrogen-bond donors (Lipinski definition) is 1. The fourth-order valence-corrected chi connectivity index (χ4v) is 1.81. The van der Waals surface area contributed by atoms with Crippen molar-refractivity contribution in [2.45, 2.75) is 38.5 Å². The van der Waals surface area contributed by atoms with Crippen LogP contribution in [0, 0.1) is 6.92 Å². The second-order valence-electron chi connectivity index (χ2n) is 4.38. The van der Waals surface area contributed by atoms with Crippen LogP contribution < -0.4 is 5.32 Å². The Morgan fingerprint density at radius 3 is 2.76 bits per heavy atom. The third kappa shape index (κ3) is 5.73. The number of aryl methyl sites for hydroxylation is 1. The van der Waals surface area contributed by atoms with Gasteiger partial charge in [-0.05, 0) is 37.8 Å². The van der Waals surface area contributed by atoms with Gasteiger partial charge in [0.1, 0.15) is 0 Å². The second-order valence-corrected chi connectivity index (χ2v) is 5.12. The van der Waals surface area contributed by atoms with Crippen molar-refractivity contribution in [1.82, 2.24) is 5.32 Å². The first-order chi connectivity index (χ1) is 8.09. The molecule has 3 heteroatoms. The van der Waals surface area contributed by atoms with E-state index in [1.165, 1.54) is 0 Å². The Bertz CT molecular complexity index is 363. The van der Waals surface area contributed by atoms with E-state index in [0.29, 0.717) is 13.0 Å². The predicted molar refractivity (Wildman–Crippen MR) is 72.4 cm³/mol. The number of alkyl halides is 1. The van der Waals surface area contributed by atoms with Gasteiger partial charge in [-0.25, -0.2) is 0 Å². The number of nitrogens with one attached hydrogen (secondary N) is 1. The van der Waals surface area contributed by atoms with Gasteiger partial charge in [-0.1, -0.05) is 24.3 Å². The van der Waals surface area contributed by atoms with E-state index in [9.17, 15) is 4.79 Å². The van der Waals surface area contributed by atoms with Crippen LogP contribution in [0.4, 0.5) is 0 Å². The molecular weight excluding hydrogens is 234 g/mol. The fourth-order valence-electron chi connectivity index (χ4n) is 1.66. The van der Waals surface area contributed by atoms with E-state index in [4.69, 9.17) is 11.6 Å². The predicted octanol–water partition coefficient (Wildman–Crippen LogP) is 3.06. The quantitative estimate of drug-likeness (QED) is 0.613. The summed E-state index contributed by atoms with van der Waals surface area (Å²) >= 11 is 5.83. The van der Waals surface area contributed by atoms with E-state index in [2.05, 4.69) is 5.32 Å². The highest BCUT2D eigenvalue weighted by molar-refractivity contribution is 6.20. The molecule has 0 fully saturated rings. The smallest absolute Gasteiger partial charge is 0.224 e. The highest BCUT2D eigenvalue weighted by Gasteiger charge is 2.05. The molecule has 0 saturated heterocycles. The molecule has 94 valence electrons. The largest absolute Gasteiger partial charge is 0.356 e. The number of benzene rings is 1. The molecule has 1 aromatic rings. The molecular formula is C14H20ClNO. The first-order valence-electron chi connectivity index (χ1n) is 6.05. The highest BCUT2D eigenvalue weighted by atomic mass is 35.5. The average Bonchev–Trinajstić information content (AvgIpc) is 2.27. The van der Waals surface area contributed by atoms with Gasteiger partial charge in [0.05, 0.1) is 6.42 Å². The van der Waals surface area contributed by atoms with Crippen LogP contribution in [0.2, 0.25) is 0 Å². The van der Waals surface area contributed by atoms with Gasteiger partial charge in [0.15, 0.2) is 0 Å². The molecule has 0 bridgehead atoms. The number of halogens is 1. The van der Waals surface area contributed by atoms with E-state index in [1.54, 1.807) is 0 Å². The zero-order valence-corrected chi connectivity index (χ0v) is 11.3. The Morgan fingerprint density at radius 2 is 2.12 bits per heavy atom. The Kier molecular flexibility index (Phi) is 6.06. The topological polar surface area (TPSA) is 29.1 Å². The maximum absolute atomic E-state index is 11.7. The summed E-state index contributed by atoms with van der Waals surface area (Å²) in [5.74, 6) is 0.0847. The van der Waals surface area contributed by atoms with Crippen molar-refractivity contribution in [3.05, 3.63) is 35.4 Å². The minimum atomic E-state index is 0.0847. The molecule has 0 aromatic heterocycles. The van der Waals surface area contributed by atoms with Crippen molar-refractivity contribution in [3.63, 3.8) is 0 Å². The maximum Gasteiger partial charge on any atom is 0.224 e. The number of hydrogen-bond acceptors (Lipinski definition) is 1. The van der Waals surface area contributed by atoms with Crippen molar-refractivity contribution in [2.75, 3.05) is 6.54 Å². The SMILES string of the molecule is Cc1ccccc1CC(=O)NCCCC(C)Cl. The van der Waals surface area contributed by atoms with Crippen LogP contribution in [0.3, 0.4) is 0 Å². The molecule has 0 aliphatic carbocycles. The van der Waals surface area contributed by atoms with Crippen molar-refractivity contribution < 1.29 is 4.79 Å². The summed E-state index contributed by atoms with van der Waals surface area (Å²) in [5, 5.41) is 3.10. The van der Waals surface area contributed by atoms with Gasteiger partial charge in [0.25, 0.3) is 0 Å². The van der Waals surface area contributed by atoms with E-state index in [0.717, 1.165) is 24.0 Å². The third-order valence-electron chi connectivity index (χ3n) is 2.71. The van der Waals surface area contributed by atoms with Crippen LogP contribution in [0.5, 0.6) is 0 Å². The summed E-state index contributed by atoms with van der Waals surface area (Å²) in [6.45, 7) is 4.70. The summed E-state index contributed by atoms with van der Waals surface area (Å²) in [6, 6.07) is 7.97. The first-order valence-corrected chi connectivity index (χ1v) is 6.48. The van der Waals surface area contributed by atoms with E-state index >= 15 is 0 Å². The molecule has 0 saturated carbocycles.